The molecule has 6 nitrogen and oxygen atoms in total. The van der Waals surface area contributed by atoms with E-state index in [1.165, 1.54) is 12.1 Å². The first-order chi connectivity index (χ1) is 7.86. The fourth-order valence-electron chi connectivity index (χ4n) is 1.13. The Bertz CT molecular complexity index is 590. The molecule has 90 valence electrons. The van der Waals surface area contributed by atoms with Crippen molar-refractivity contribution in [1.82, 2.24) is 10.3 Å². The molecule has 1 aromatic rings. The Kier molecular flexibility index (Phi) is 4.01. The number of benzene rings is 1. The molecule has 0 unspecified atom stereocenters. The number of nitrogens with two attached hydrogens (primary N) is 1. The van der Waals surface area contributed by atoms with Crippen molar-refractivity contribution in [2.45, 2.75) is 11.8 Å². The van der Waals surface area contributed by atoms with Crippen LogP contribution in [0.3, 0.4) is 0 Å². The molecule has 0 heterocycles. The summed E-state index contributed by atoms with van der Waals surface area (Å²) in [5.74, 6) is 0. The number of sulfonamides is 1. The van der Waals surface area contributed by atoms with Gasteiger partial charge in [-0.05, 0) is 36.8 Å². The Balaban J connectivity index is 3.15. The monoisotopic (exact) mass is 270 g/mol. The van der Waals surface area contributed by atoms with Crippen LogP contribution >= 0.6 is 12.2 Å². The van der Waals surface area contributed by atoms with Crippen LogP contribution < -0.4 is 16.0 Å². The van der Waals surface area contributed by atoms with E-state index in [1.54, 1.807) is 13.0 Å². The highest BCUT2D eigenvalue weighted by atomic mass is 32.2. The fourth-order valence-corrected chi connectivity index (χ4v) is 2.38. The topological polar surface area (TPSA) is 108 Å². The lowest BCUT2D eigenvalue weighted by Gasteiger charge is -2.10. The van der Waals surface area contributed by atoms with Gasteiger partial charge in [-0.1, -0.05) is 6.07 Å². The summed E-state index contributed by atoms with van der Waals surface area (Å²) in [5, 5.41) is 8.52. The van der Waals surface area contributed by atoms with Crippen LogP contribution in [0.2, 0.25) is 0 Å². The second-order valence-corrected chi connectivity index (χ2v) is 5.28. The molecule has 17 heavy (non-hydrogen) atoms. The number of thiocarbonyl (C=S) groups is 1. The maximum Gasteiger partial charge on any atom is 0.257 e. The van der Waals surface area contributed by atoms with Crippen LogP contribution in [0.25, 0.3) is 0 Å². The molecule has 0 fully saturated rings. The average Bonchev–Trinajstić information content (AvgIpc) is 2.27. The number of nitriles is 1. The lowest BCUT2D eigenvalue weighted by Crippen LogP contribution is -2.44. The van der Waals surface area contributed by atoms with E-state index in [4.69, 9.17) is 11.0 Å². The molecule has 0 saturated heterocycles. The number of aryl methyl sites for hydroxylation is 1. The molecule has 0 aliphatic heterocycles. The lowest BCUT2D eigenvalue weighted by atomic mass is 10.2. The highest BCUT2D eigenvalue weighted by Crippen LogP contribution is 2.15. The van der Waals surface area contributed by atoms with Crippen molar-refractivity contribution in [2.75, 3.05) is 0 Å². The summed E-state index contributed by atoms with van der Waals surface area (Å²) in [4.78, 5) is 2.01. The van der Waals surface area contributed by atoms with Crippen LogP contribution in [0.1, 0.15) is 11.1 Å². The van der Waals surface area contributed by atoms with Gasteiger partial charge in [0.15, 0.2) is 5.11 Å². The first-order valence-corrected chi connectivity index (χ1v) is 6.34. The van der Waals surface area contributed by atoms with Crippen molar-refractivity contribution in [3.63, 3.8) is 0 Å². The largest absolute Gasteiger partial charge is 0.375 e. The molecular formula is C9H10N4O2S2. The van der Waals surface area contributed by atoms with Crippen LogP contribution in [-0.4, -0.2) is 13.5 Å². The van der Waals surface area contributed by atoms with Crippen molar-refractivity contribution >= 4 is 27.4 Å². The lowest BCUT2D eigenvalue weighted by molar-refractivity contribution is 0.577. The first kappa shape index (κ1) is 13.4. The van der Waals surface area contributed by atoms with Crippen LogP contribution in [0.5, 0.6) is 0 Å². The minimum absolute atomic E-state index is 0.000278. The van der Waals surface area contributed by atoms with E-state index < -0.39 is 10.0 Å². The van der Waals surface area contributed by atoms with Crippen LogP contribution in [0.4, 0.5) is 0 Å². The number of hydrazine groups is 1. The number of hydrogen-bond donors (Lipinski definition) is 3. The van der Waals surface area contributed by atoms with Gasteiger partial charge >= 0.3 is 0 Å². The summed E-state index contributed by atoms with van der Waals surface area (Å²) in [6.07, 6.45) is 0. The molecule has 0 saturated carbocycles. The van der Waals surface area contributed by atoms with E-state index >= 15 is 0 Å². The van der Waals surface area contributed by atoms with E-state index in [1.807, 2.05) is 10.9 Å². The Morgan fingerprint density at radius 1 is 1.53 bits per heavy atom. The molecule has 0 aliphatic carbocycles. The second kappa shape index (κ2) is 5.09. The Morgan fingerprint density at radius 3 is 2.71 bits per heavy atom. The van der Waals surface area contributed by atoms with Gasteiger partial charge in [-0.15, -0.1) is 4.83 Å². The fraction of sp³-hybridized carbons (Fsp3) is 0.111. The van der Waals surface area contributed by atoms with Crippen molar-refractivity contribution in [3.05, 3.63) is 29.3 Å². The van der Waals surface area contributed by atoms with Crippen molar-refractivity contribution in [1.29, 1.82) is 5.26 Å². The third-order valence-corrected chi connectivity index (χ3v) is 3.41. The normalized spacial score (nSPS) is 10.6. The highest BCUT2D eigenvalue weighted by molar-refractivity contribution is 7.89. The molecule has 8 heteroatoms. The van der Waals surface area contributed by atoms with Gasteiger partial charge in [0, 0.05) is 0 Å². The van der Waals surface area contributed by atoms with Crippen LogP contribution in [-0.2, 0) is 10.0 Å². The minimum atomic E-state index is -3.80. The van der Waals surface area contributed by atoms with Crippen LogP contribution in [0.15, 0.2) is 23.1 Å². The number of nitrogens with zero attached hydrogens (tertiary/aromatic N) is 1. The number of nitrogens with one attached hydrogen (secondary N) is 2. The summed E-state index contributed by atoms with van der Waals surface area (Å²) in [6.45, 7) is 1.62. The van der Waals surface area contributed by atoms with Crippen molar-refractivity contribution < 1.29 is 8.42 Å². The van der Waals surface area contributed by atoms with Gasteiger partial charge in [0.2, 0.25) is 0 Å². The van der Waals surface area contributed by atoms with Crippen LogP contribution in [0, 0.1) is 18.3 Å². The number of rotatable bonds is 3. The molecule has 0 radical (unpaired) electrons. The summed E-state index contributed by atoms with van der Waals surface area (Å²) in [6, 6.07) is 6.23. The van der Waals surface area contributed by atoms with E-state index in [-0.39, 0.29) is 15.6 Å². The molecule has 0 bridgehead atoms. The molecule has 1 aromatic carbocycles. The Labute approximate surface area is 104 Å². The van der Waals surface area contributed by atoms with Gasteiger partial charge in [0.1, 0.15) is 0 Å². The SMILES string of the molecule is Cc1ccc(C#N)cc1S(=O)(=O)NNC(N)=S. The summed E-state index contributed by atoms with van der Waals surface area (Å²) >= 11 is 4.48. The standard InChI is InChI=1S/C9H10N4O2S2/c1-6-2-3-7(5-10)4-8(6)17(14,15)13-12-9(11)16/h2-4,13H,1H3,(H3,11,12,16). The van der Waals surface area contributed by atoms with Gasteiger partial charge < -0.3 is 5.73 Å². The third-order valence-electron chi connectivity index (χ3n) is 1.92. The van der Waals surface area contributed by atoms with E-state index in [0.717, 1.165) is 0 Å². The predicted octanol–water partition coefficient (Wildman–Crippen LogP) is -0.107. The third kappa shape index (κ3) is 3.39. The highest BCUT2D eigenvalue weighted by Gasteiger charge is 2.17. The van der Waals surface area contributed by atoms with Crippen molar-refractivity contribution in [3.8, 4) is 6.07 Å². The molecule has 0 spiro atoms. The van der Waals surface area contributed by atoms with Gasteiger partial charge in [0.25, 0.3) is 10.0 Å². The summed E-state index contributed by atoms with van der Waals surface area (Å²) in [7, 11) is -3.80. The molecule has 0 amide bonds. The smallest absolute Gasteiger partial charge is 0.257 e. The van der Waals surface area contributed by atoms with Crippen molar-refractivity contribution in [2.24, 2.45) is 5.73 Å². The molecular weight excluding hydrogens is 260 g/mol. The van der Waals surface area contributed by atoms with Gasteiger partial charge in [-0.25, -0.2) is 8.42 Å². The zero-order valence-corrected chi connectivity index (χ0v) is 10.5. The van der Waals surface area contributed by atoms with Gasteiger partial charge in [-0.2, -0.15) is 5.26 Å². The zero-order valence-electron chi connectivity index (χ0n) is 8.89. The molecule has 4 N–H and O–H groups in total. The van der Waals surface area contributed by atoms with E-state index in [9.17, 15) is 8.42 Å². The predicted molar refractivity (Wildman–Crippen MR) is 66.1 cm³/mol. The molecule has 0 atom stereocenters. The number of hydrogen-bond acceptors (Lipinski definition) is 4. The van der Waals surface area contributed by atoms with E-state index in [2.05, 4.69) is 17.6 Å². The zero-order chi connectivity index (χ0) is 13.1. The first-order valence-electron chi connectivity index (χ1n) is 4.45. The molecule has 0 aromatic heterocycles. The summed E-state index contributed by atoms with van der Waals surface area (Å²) < 4.78 is 23.7. The van der Waals surface area contributed by atoms with Gasteiger partial charge in [-0.3, -0.25) is 5.43 Å². The molecule has 1 rings (SSSR count). The second-order valence-electron chi connectivity index (χ2n) is 3.19. The maximum atomic E-state index is 11.8. The summed E-state index contributed by atoms with van der Waals surface area (Å²) in [5.41, 5.74) is 8.02. The Morgan fingerprint density at radius 2 is 2.18 bits per heavy atom. The van der Waals surface area contributed by atoms with Gasteiger partial charge in [0.05, 0.1) is 16.5 Å². The molecule has 0 aliphatic rings. The van der Waals surface area contributed by atoms with E-state index in [0.29, 0.717) is 5.56 Å². The minimum Gasteiger partial charge on any atom is -0.375 e. The quantitative estimate of drug-likeness (QED) is 0.522. The Hall–Kier alpha value is -1.69. The average molecular weight is 270 g/mol. The maximum absolute atomic E-state index is 11.8.